The molecule has 0 saturated carbocycles. The van der Waals surface area contributed by atoms with Crippen molar-refractivity contribution in [3.8, 4) is 0 Å². The minimum atomic E-state index is -0.418. The standard InChI is InChI=1S/C15H23NO3/c1-10-5-6-11(2)16(9-10)12(3)13-7-8-14(19-13)15(17)18-4/h7-8,10-12H,5-6,9H2,1-4H3. The van der Waals surface area contributed by atoms with Crippen molar-refractivity contribution in [2.75, 3.05) is 13.7 Å². The number of rotatable bonds is 3. The maximum Gasteiger partial charge on any atom is 0.373 e. The molecule has 1 aromatic rings. The lowest BCUT2D eigenvalue weighted by Crippen LogP contribution is -2.42. The first-order chi connectivity index (χ1) is 9.02. The third-order valence-electron chi connectivity index (χ3n) is 4.09. The van der Waals surface area contributed by atoms with Crippen LogP contribution < -0.4 is 0 Å². The summed E-state index contributed by atoms with van der Waals surface area (Å²) in [6, 6.07) is 4.31. The lowest BCUT2D eigenvalue weighted by Gasteiger charge is -2.40. The van der Waals surface area contributed by atoms with E-state index in [1.165, 1.54) is 20.0 Å². The van der Waals surface area contributed by atoms with E-state index in [1.807, 2.05) is 6.07 Å². The van der Waals surface area contributed by atoms with Crippen LogP contribution in [0.5, 0.6) is 0 Å². The highest BCUT2D eigenvalue weighted by molar-refractivity contribution is 5.86. The summed E-state index contributed by atoms with van der Waals surface area (Å²) >= 11 is 0. The molecule has 1 aromatic heterocycles. The number of esters is 1. The number of carbonyl (C=O) groups excluding carboxylic acids is 1. The molecule has 0 N–H and O–H groups in total. The van der Waals surface area contributed by atoms with Gasteiger partial charge in [0.05, 0.1) is 13.2 Å². The van der Waals surface area contributed by atoms with Gasteiger partial charge >= 0.3 is 5.97 Å². The van der Waals surface area contributed by atoms with Crippen molar-refractivity contribution in [2.45, 2.75) is 45.7 Å². The topological polar surface area (TPSA) is 42.7 Å². The van der Waals surface area contributed by atoms with Gasteiger partial charge in [-0.05, 0) is 44.7 Å². The Labute approximate surface area is 114 Å². The summed E-state index contributed by atoms with van der Waals surface area (Å²) in [4.78, 5) is 13.9. The van der Waals surface area contributed by atoms with Gasteiger partial charge in [0.2, 0.25) is 5.76 Å². The van der Waals surface area contributed by atoms with Crippen molar-refractivity contribution in [1.82, 2.24) is 4.90 Å². The molecule has 0 radical (unpaired) electrons. The minimum Gasteiger partial charge on any atom is -0.463 e. The summed E-state index contributed by atoms with van der Waals surface area (Å²) in [6.45, 7) is 7.76. The molecule has 1 fully saturated rings. The number of carbonyl (C=O) groups is 1. The van der Waals surface area contributed by atoms with Gasteiger partial charge in [-0.2, -0.15) is 0 Å². The molecule has 4 nitrogen and oxygen atoms in total. The third kappa shape index (κ3) is 3.00. The summed E-state index contributed by atoms with van der Waals surface area (Å²) < 4.78 is 10.3. The van der Waals surface area contributed by atoms with Gasteiger partial charge < -0.3 is 9.15 Å². The monoisotopic (exact) mass is 265 g/mol. The maximum absolute atomic E-state index is 11.4. The van der Waals surface area contributed by atoms with E-state index >= 15 is 0 Å². The molecule has 0 aromatic carbocycles. The molecule has 2 rings (SSSR count). The van der Waals surface area contributed by atoms with E-state index in [0.717, 1.165) is 12.3 Å². The summed E-state index contributed by atoms with van der Waals surface area (Å²) in [5, 5.41) is 0. The highest BCUT2D eigenvalue weighted by Gasteiger charge is 2.29. The number of furan rings is 1. The Kier molecular flexibility index (Phi) is 4.30. The number of ether oxygens (including phenoxy) is 1. The first kappa shape index (κ1) is 14.1. The molecule has 0 aliphatic carbocycles. The predicted octanol–water partition coefficient (Wildman–Crippen LogP) is 3.25. The number of hydrogen-bond acceptors (Lipinski definition) is 4. The van der Waals surface area contributed by atoms with Crippen LogP contribution in [0.25, 0.3) is 0 Å². The molecule has 3 unspecified atom stereocenters. The fourth-order valence-electron chi connectivity index (χ4n) is 2.81. The first-order valence-electron chi connectivity index (χ1n) is 6.96. The van der Waals surface area contributed by atoms with E-state index in [0.29, 0.717) is 12.0 Å². The SMILES string of the molecule is COC(=O)c1ccc(C(C)N2CC(C)CCC2C)o1. The molecule has 1 aliphatic heterocycles. The van der Waals surface area contributed by atoms with Crippen LogP contribution in [0.1, 0.15) is 56.0 Å². The van der Waals surface area contributed by atoms with Gasteiger partial charge in [0, 0.05) is 12.6 Å². The quantitative estimate of drug-likeness (QED) is 0.787. The molecule has 2 heterocycles. The third-order valence-corrected chi connectivity index (χ3v) is 4.09. The van der Waals surface area contributed by atoms with Crippen LogP contribution in [-0.4, -0.2) is 30.6 Å². The average molecular weight is 265 g/mol. The van der Waals surface area contributed by atoms with Crippen LogP contribution in [-0.2, 0) is 4.74 Å². The van der Waals surface area contributed by atoms with Gasteiger partial charge in [0.1, 0.15) is 5.76 Å². The summed E-state index contributed by atoms with van der Waals surface area (Å²) in [5.74, 6) is 1.41. The largest absolute Gasteiger partial charge is 0.463 e. The molecular formula is C15H23NO3. The van der Waals surface area contributed by atoms with Gasteiger partial charge in [0.15, 0.2) is 0 Å². The molecule has 3 atom stereocenters. The van der Waals surface area contributed by atoms with Crippen LogP contribution in [0, 0.1) is 5.92 Å². The molecule has 1 aliphatic rings. The molecule has 0 spiro atoms. The molecule has 19 heavy (non-hydrogen) atoms. The molecule has 1 saturated heterocycles. The van der Waals surface area contributed by atoms with Crippen LogP contribution in [0.15, 0.2) is 16.5 Å². The van der Waals surface area contributed by atoms with Gasteiger partial charge in [0.25, 0.3) is 0 Å². The normalized spacial score (nSPS) is 26.1. The Morgan fingerprint density at radius 2 is 2.16 bits per heavy atom. The van der Waals surface area contributed by atoms with E-state index in [-0.39, 0.29) is 11.8 Å². The zero-order chi connectivity index (χ0) is 14.0. The smallest absolute Gasteiger partial charge is 0.373 e. The molecule has 106 valence electrons. The van der Waals surface area contributed by atoms with E-state index in [9.17, 15) is 4.79 Å². The molecule has 4 heteroatoms. The van der Waals surface area contributed by atoms with Crippen molar-refractivity contribution in [2.24, 2.45) is 5.92 Å². The van der Waals surface area contributed by atoms with Crippen molar-refractivity contribution in [1.29, 1.82) is 0 Å². The maximum atomic E-state index is 11.4. The van der Waals surface area contributed by atoms with Gasteiger partial charge in [-0.25, -0.2) is 4.79 Å². The van der Waals surface area contributed by atoms with Gasteiger partial charge in [-0.1, -0.05) is 6.92 Å². The number of likely N-dealkylation sites (tertiary alicyclic amines) is 1. The van der Waals surface area contributed by atoms with Gasteiger partial charge in [-0.15, -0.1) is 0 Å². The van der Waals surface area contributed by atoms with Crippen LogP contribution >= 0.6 is 0 Å². The predicted molar refractivity (Wildman–Crippen MR) is 73.0 cm³/mol. The Morgan fingerprint density at radius 1 is 1.42 bits per heavy atom. The zero-order valence-corrected chi connectivity index (χ0v) is 12.2. The Hall–Kier alpha value is -1.29. The zero-order valence-electron chi connectivity index (χ0n) is 12.2. The first-order valence-corrected chi connectivity index (χ1v) is 6.96. The van der Waals surface area contributed by atoms with E-state index in [1.54, 1.807) is 6.07 Å². The Balaban J connectivity index is 2.12. The van der Waals surface area contributed by atoms with Gasteiger partial charge in [-0.3, -0.25) is 4.90 Å². The van der Waals surface area contributed by atoms with Crippen molar-refractivity contribution in [3.63, 3.8) is 0 Å². The summed E-state index contributed by atoms with van der Waals surface area (Å²) in [6.07, 6.45) is 2.51. The number of methoxy groups -OCH3 is 1. The number of nitrogens with zero attached hydrogens (tertiary/aromatic N) is 1. The summed E-state index contributed by atoms with van der Waals surface area (Å²) in [5.41, 5.74) is 0. The van der Waals surface area contributed by atoms with E-state index in [2.05, 4.69) is 30.4 Å². The Bertz CT molecular complexity index is 440. The van der Waals surface area contributed by atoms with Crippen molar-refractivity contribution < 1.29 is 13.9 Å². The number of piperidine rings is 1. The molecular weight excluding hydrogens is 242 g/mol. The Morgan fingerprint density at radius 3 is 2.84 bits per heavy atom. The second-order valence-electron chi connectivity index (χ2n) is 5.60. The fourth-order valence-corrected chi connectivity index (χ4v) is 2.81. The van der Waals surface area contributed by atoms with Crippen LogP contribution in [0.4, 0.5) is 0 Å². The minimum absolute atomic E-state index is 0.191. The van der Waals surface area contributed by atoms with Crippen LogP contribution in [0.2, 0.25) is 0 Å². The second-order valence-corrected chi connectivity index (χ2v) is 5.60. The van der Waals surface area contributed by atoms with Crippen molar-refractivity contribution in [3.05, 3.63) is 23.7 Å². The van der Waals surface area contributed by atoms with Crippen molar-refractivity contribution >= 4 is 5.97 Å². The average Bonchev–Trinajstić information content (AvgIpc) is 2.89. The fraction of sp³-hybridized carbons (Fsp3) is 0.667. The lowest BCUT2D eigenvalue weighted by atomic mass is 9.93. The molecule has 0 bridgehead atoms. The lowest BCUT2D eigenvalue weighted by molar-refractivity contribution is 0.0540. The summed E-state index contributed by atoms with van der Waals surface area (Å²) in [7, 11) is 1.36. The highest BCUT2D eigenvalue weighted by Crippen LogP contribution is 2.31. The molecule has 0 amide bonds. The van der Waals surface area contributed by atoms with E-state index < -0.39 is 5.97 Å². The van der Waals surface area contributed by atoms with E-state index in [4.69, 9.17) is 4.42 Å². The van der Waals surface area contributed by atoms with Crippen LogP contribution in [0.3, 0.4) is 0 Å². The highest BCUT2D eigenvalue weighted by atomic mass is 16.5. The number of hydrogen-bond donors (Lipinski definition) is 0. The second kappa shape index (κ2) is 5.78.